The lowest BCUT2D eigenvalue weighted by molar-refractivity contribution is -0.0517. The monoisotopic (exact) mass is 352 g/mol. The average Bonchev–Trinajstić information content (AvgIpc) is 2.54. The fraction of sp³-hybridized carbons (Fsp3) is 0.188. The van der Waals surface area contributed by atoms with E-state index < -0.39 is 22.4 Å². The molecule has 2 rings (SSSR count). The van der Waals surface area contributed by atoms with Crippen molar-refractivity contribution in [3.05, 3.63) is 59.7 Å². The number of ether oxygens (including phenoxy) is 1. The second-order valence-electron chi connectivity index (χ2n) is 4.90. The Morgan fingerprint density at radius 2 is 1.92 bits per heavy atom. The highest BCUT2D eigenvalue weighted by Gasteiger charge is 2.26. The van der Waals surface area contributed by atoms with Crippen LogP contribution in [-0.4, -0.2) is 26.4 Å². The number of para-hydroxylation sites is 1. The van der Waals surface area contributed by atoms with E-state index in [-0.39, 0.29) is 11.4 Å². The van der Waals surface area contributed by atoms with Crippen LogP contribution in [0.25, 0.3) is 0 Å². The lowest BCUT2D eigenvalue weighted by atomic mass is 10.1. The number of hydrogen-bond donors (Lipinski definition) is 0. The Balaban J connectivity index is 2.31. The number of hydrogen-bond acceptors (Lipinski definition) is 4. The molecule has 8 heteroatoms. The Labute approximate surface area is 138 Å². The van der Waals surface area contributed by atoms with Crippen LogP contribution >= 0.6 is 0 Å². The Morgan fingerprint density at radius 3 is 2.58 bits per heavy atom. The number of nitrogens with zero attached hydrogens (tertiary/aromatic N) is 2. The molecule has 0 amide bonds. The number of alkyl halides is 2. The summed E-state index contributed by atoms with van der Waals surface area (Å²) in [4.78, 5) is -0.343. The third kappa shape index (κ3) is 4.07. The second-order valence-corrected chi connectivity index (χ2v) is 6.91. The minimum absolute atomic E-state index is 0.0130. The average molecular weight is 352 g/mol. The molecule has 0 radical (unpaired) electrons. The molecule has 0 N–H and O–H groups in total. The molecule has 5 nitrogen and oxygen atoms in total. The Morgan fingerprint density at radius 1 is 1.21 bits per heavy atom. The van der Waals surface area contributed by atoms with Crippen molar-refractivity contribution in [1.82, 2.24) is 4.31 Å². The lowest BCUT2D eigenvalue weighted by Crippen LogP contribution is -2.27. The molecule has 0 aliphatic heterocycles. The fourth-order valence-corrected chi connectivity index (χ4v) is 3.38. The highest BCUT2D eigenvalue weighted by molar-refractivity contribution is 7.89. The van der Waals surface area contributed by atoms with Gasteiger partial charge in [-0.2, -0.15) is 18.3 Å². The van der Waals surface area contributed by atoms with E-state index in [1.54, 1.807) is 24.3 Å². The molecule has 0 unspecified atom stereocenters. The Kier molecular flexibility index (Phi) is 5.49. The third-order valence-corrected chi connectivity index (χ3v) is 5.06. The van der Waals surface area contributed by atoms with Crippen molar-refractivity contribution in [2.75, 3.05) is 7.05 Å². The van der Waals surface area contributed by atoms with Gasteiger partial charge in [-0.3, -0.25) is 0 Å². The first-order chi connectivity index (χ1) is 11.3. The first-order valence-corrected chi connectivity index (χ1v) is 8.28. The summed E-state index contributed by atoms with van der Waals surface area (Å²) in [6.45, 7) is -3.14. The maximum atomic E-state index is 12.6. The molecule has 0 aliphatic rings. The van der Waals surface area contributed by atoms with E-state index in [1.807, 2.05) is 6.07 Å². The summed E-state index contributed by atoms with van der Waals surface area (Å²) in [5, 5.41) is 8.88. The van der Waals surface area contributed by atoms with Crippen LogP contribution in [0.3, 0.4) is 0 Å². The lowest BCUT2D eigenvalue weighted by Gasteiger charge is -2.19. The van der Waals surface area contributed by atoms with Crippen LogP contribution in [0.1, 0.15) is 11.1 Å². The molecule has 0 bridgehead atoms. The number of nitriles is 1. The Hall–Kier alpha value is -2.50. The third-order valence-electron chi connectivity index (χ3n) is 3.21. The smallest absolute Gasteiger partial charge is 0.387 e. The van der Waals surface area contributed by atoms with Crippen LogP contribution in [0.15, 0.2) is 53.4 Å². The maximum absolute atomic E-state index is 12.6. The molecule has 0 aliphatic carbocycles. The van der Waals surface area contributed by atoms with Crippen molar-refractivity contribution in [3.63, 3.8) is 0 Å². The van der Waals surface area contributed by atoms with E-state index in [4.69, 9.17) is 5.26 Å². The van der Waals surface area contributed by atoms with Crippen molar-refractivity contribution >= 4 is 10.0 Å². The molecule has 0 saturated heterocycles. The summed E-state index contributed by atoms with van der Waals surface area (Å²) in [6, 6.07) is 13.7. The maximum Gasteiger partial charge on any atom is 0.387 e. The van der Waals surface area contributed by atoms with Gasteiger partial charge in [0.1, 0.15) is 10.6 Å². The topological polar surface area (TPSA) is 70.4 Å². The molecule has 0 atom stereocenters. The highest BCUT2D eigenvalue weighted by Crippen LogP contribution is 2.28. The molecule has 2 aromatic carbocycles. The fourth-order valence-electron chi connectivity index (χ4n) is 2.11. The molecular formula is C16H14F2N2O3S. The van der Waals surface area contributed by atoms with E-state index in [0.29, 0.717) is 11.1 Å². The zero-order valence-corrected chi connectivity index (χ0v) is 13.5. The minimum Gasteiger partial charge on any atom is -0.433 e. The number of halogens is 2. The van der Waals surface area contributed by atoms with E-state index in [9.17, 15) is 17.2 Å². The van der Waals surface area contributed by atoms with Gasteiger partial charge >= 0.3 is 6.61 Å². The van der Waals surface area contributed by atoms with Gasteiger partial charge in [0.15, 0.2) is 0 Å². The molecule has 0 fully saturated rings. The predicted molar refractivity (Wildman–Crippen MR) is 82.9 cm³/mol. The largest absolute Gasteiger partial charge is 0.433 e. The molecule has 126 valence electrons. The zero-order chi connectivity index (χ0) is 17.7. The molecule has 0 spiro atoms. The summed E-state index contributed by atoms with van der Waals surface area (Å²) >= 11 is 0. The molecule has 24 heavy (non-hydrogen) atoms. The van der Waals surface area contributed by atoms with Crippen molar-refractivity contribution in [3.8, 4) is 11.8 Å². The number of sulfonamides is 1. The van der Waals surface area contributed by atoms with E-state index >= 15 is 0 Å². The normalized spacial score (nSPS) is 11.5. The zero-order valence-electron chi connectivity index (χ0n) is 12.7. The van der Waals surface area contributed by atoms with Gasteiger partial charge in [0.25, 0.3) is 0 Å². The van der Waals surface area contributed by atoms with Crippen LogP contribution in [0.4, 0.5) is 8.78 Å². The molecule has 2 aromatic rings. The van der Waals surface area contributed by atoms with E-state index in [2.05, 4.69) is 4.74 Å². The van der Waals surface area contributed by atoms with Crippen molar-refractivity contribution in [2.45, 2.75) is 18.1 Å². The van der Waals surface area contributed by atoms with Crippen molar-refractivity contribution in [2.24, 2.45) is 0 Å². The SMILES string of the molecule is CN(Cc1cccc(C#N)c1)S(=O)(=O)c1ccccc1OC(F)F. The van der Waals surface area contributed by atoms with Gasteiger partial charge in [-0.15, -0.1) is 0 Å². The standard InChI is InChI=1S/C16H14F2N2O3S/c1-20(11-13-6-4-5-12(9-13)10-19)24(21,22)15-8-3-2-7-14(15)23-16(17)18/h2-9,16H,11H2,1H3. The summed E-state index contributed by atoms with van der Waals surface area (Å²) in [6.07, 6.45) is 0. The first-order valence-electron chi connectivity index (χ1n) is 6.84. The minimum atomic E-state index is -4.04. The highest BCUT2D eigenvalue weighted by atomic mass is 32.2. The van der Waals surface area contributed by atoms with Gasteiger partial charge in [-0.1, -0.05) is 24.3 Å². The van der Waals surface area contributed by atoms with Crippen LogP contribution in [0.2, 0.25) is 0 Å². The van der Waals surface area contributed by atoms with Crippen molar-refractivity contribution < 1.29 is 21.9 Å². The number of rotatable bonds is 6. The van der Waals surface area contributed by atoms with Gasteiger partial charge in [-0.25, -0.2) is 8.42 Å². The van der Waals surface area contributed by atoms with Crippen molar-refractivity contribution in [1.29, 1.82) is 5.26 Å². The van der Waals surface area contributed by atoms with Crippen LogP contribution in [-0.2, 0) is 16.6 Å². The molecule has 0 saturated carbocycles. The molecule has 0 aromatic heterocycles. The molecular weight excluding hydrogens is 338 g/mol. The molecule has 0 heterocycles. The summed E-state index contributed by atoms with van der Waals surface area (Å²) < 4.78 is 55.5. The van der Waals surface area contributed by atoms with Gasteiger partial charge in [-0.05, 0) is 29.8 Å². The Bertz CT molecular complexity index is 864. The van der Waals surface area contributed by atoms with E-state index in [1.165, 1.54) is 31.3 Å². The van der Waals surface area contributed by atoms with Gasteiger partial charge < -0.3 is 4.74 Å². The summed E-state index contributed by atoms with van der Waals surface area (Å²) in [5.41, 5.74) is 1.01. The summed E-state index contributed by atoms with van der Waals surface area (Å²) in [5.74, 6) is -0.412. The van der Waals surface area contributed by atoms with Gasteiger partial charge in [0.05, 0.1) is 11.6 Å². The predicted octanol–water partition coefficient (Wildman–Crippen LogP) is 2.98. The summed E-state index contributed by atoms with van der Waals surface area (Å²) in [7, 11) is -2.71. The van der Waals surface area contributed by atoms with Gasteiger partial charge in [0, 0.05) is 13.6 Å². The van der Waals surface area contributed by atoms with Crippen LogP contribution in [0, 0.1) is 11.3 Å². The number of benzene rings is 2. The quantitative estimate of drug-likeness (QED) is 0.801. The first kappa shape index (κ1) is 17.8. The van der Waals surface area contributed by atoms with Gasteiger partial charge in [0.2, 0.25) is 10.0 Å². The second kappa shape index (κ2) is 7.38. The van der Waals surface area contributed by atoms with E-state index in [0.717, 1.165) is 4.31 Å². The van der Waals surface area contributed by atoms with Crippen LogP contribution < -0.4 is 4.74 Å². The van der Waals surface area contributed by atoms with Crippen LogP contribution in [0.5, 0.6) is 5.75 Å².